The molecular weight excluding hydrogens is 296 g/mol. The summed E-state index contributed by atoms with van der Waals surface area (Å²) in [6, 6.07) is 8.51. The number of nitrogens with one attached hydrogen (secondary N) is 2. The molecule has 0 radical (unpaired) electrons. The van der Waals surface area contributed by atoms with Crippen molar-refractivity contribution in [2.24, 2.45) is 0 Å². The van der Waals surface area contributed by atoms with Crippen LogP contribution in [-0.4, -0.2) is 34.4 Å². The highest BCUT2D eigenvalue weighted by Gasteiger charge is 2.37. The van der Waals surface area contributed by atoms with E-state index in [9.17, 15) is 14.7 Å². The third-order valence-corrected chi connectivity index (χ3v) is 3.14. The van der Waals surface area contributed by atoms with E-state index in [4.69, 9.17) is 4.74 Å². The van der Waals surface area contributed by atoms with Crippen LogP contribution in [0.5, 0.6) is 0 Å². The van der Waals surface area contributed by atoms with Crippen LogP contribution in [-0.2, 0) is 16.1 Å². The summed E-state index contributed by atoms with van der Waals surface area (Å²) in [4.78, 5) is 23.5. The number of benzene rings is 1. The van der Waals surface area contributed by atoms with E-state index in [0.29, 0.717) is 6.54 Å². The first-order valence-electron chi connectivity index (χ1n) is 7.52. The second-order valence-corrected chi connectivity index (χ2v) is 6.99. The van der Waals surface area contributed by atoms with Crippen LogP contribution in [0.3, 0.4) is 0 Å². The van der Waals surface area contributed by atoms with E-state index in [-0.39, 0.29) is 0 Å². The van der Waals surface area contributed by atoms with Crippen molar-refractivity contribution in [1.29, 1.82) is 0 Å². The first-order valence-corrected chi connectivity index (χ1v) is 7.52. The molecule has 0 aromatic heterocycles. The fourth-order valence-electron chi connectivity index (χ4n) is 2.11. The van der Waals surface area contributed by atoms with Crippen molar-refractivity contribution in [3.8, 4) is 0 Å². The van der Waals surface area contributed by atoms with Crippen LogP contribution in [0.15, 0.2) is 30.3 Å². The Kier molecular flexibility index (Phi) is 6.15. The minimum Gasteiger partial charge on any atom is -0.480 e. The van der Waals surface area contributed by atoms with Gasteiger partial charge in [-0.3, -0.25) is 10.1 Å². The average molecular weight is 322 g/mol. The Bertz CT molecular complexity index is 535. The lowest BCUT2D eigenvalue weighted by molar-refractivity contribution is -0.141. The van der Waals surface area contributed by atoms with Gasteiger partial charge in [-0.25, -0.2) is 4.79 Å². The van der Waals surface area contributed by atoms with Gasteiger partial charge in [-0.15, -0.1) is 0 Å². The monoisotopic (exact) mass is 322 g/mol. The predicted octanol–water partition coefficient (Wildman–Crippen LogP) is 2.53. The van der Waals surface area contributed by atoms with E-state index in [1.807, 2.05) is 30.3 Å². The molecule has 0 saturated carbocycles. The van der Waals surface area contributed by atoms with Gasteiger partial charge in [0.15, 0.2) is 0 Å². The molecule has 0 fully saturated rings. The Labute approximate surface area is 137 Å². The maximum Gasteiger partial charge on any atom is 0.408 e. The predicted molar refractivity (Wildman–Crippen MR) is 88.2 cm³/mol. The Morgan fingerprint density at radius 1 is 1.13 bits per heavy atom. The number of carbonyl (C=O) groups excluding carboxylic acids is 1. The topological polar surface area (TPSA) is 87.7 Å². The molecule has 1 atom stereocenters. The van der Waals surface area contributed by atoms with Gasteiger partial charge in [0.2, 0.25) is 0 Å². The molecule has 0 aliphatic rings. The minimum absolute atomic E-state index is 0.386. The second kappa shape index (κ2) is 7.46. The molecule has 0 spiro atoms. The summed E-state index contributed by atoms with van der Waals surface area (Å²) >= 11 is 0. The largest absolute Gasteiger partial charge is 0.480 e. The minimum atomic E-state index is -1.04. The van der Waals surface area contributed by atoms with Gasteiger partial charge in [-0.05, 0) is 40.2 Å². The smallest absolute Gasteiger partial charge is 0.408 e. The molecule has 1 rings (SSSR count). The van der Waals surface area contributed by atoms with E-state index in [0.717, 1.165) is 5.56 Å². The zero-order valence-electron chi connectivity index (χ0n) is 14.3. The van der Waals surface area contributed by atoms with Crippen LogP contribution in [0.4, 0.5) is 4.79 Å². The van der Waals surface area contributed by atoms with Crippen molar-refractivity contribution in [2.45, 2.75) is 58.3 Å². The number of carboxylic acid groups (broad SMARTS) is 1. The molecule has 128 valence electrons. The van der Waals surface area contributed by atoms with Crippen molar-refractivity contribution < 1.29 is 19.4 Å². The van der Waals surface area contributed by atoms with Gasteiger partial charge in [-0.1, -0.05) is 30.3 Å². The van der Waals surface area contributed by atoms with Crippen molar-refractivity contribution in [2.75, 3.05) is 0 Å². The SMILES string of the molecule is CC(C)(C)OC(=O)NC(C)(C)[C@@H](NCc1ccccc1)C(=O)O. The lowest BCUT2D eigenvalue weighted by Crippen LogP contribution is -2.61. The summed E-state index contributed by atoms with van der Waals surface area (Å²) in [5.41, 5.74) is -0.703. The third-order valence-electron chi connectivity index (χ3n) is 3.14. The Hall–Kier alpha value is -2.08. The molecule has 0 heterocycles. The van der Waals surface area contributed by atoms with E-state index >= 15 is 0 Å². The van der Waals surface area contributed by atoms with Crippen LogP contribution in [0.1, 0.15) is 40.2 Å². The van der Waals surface area contributed by atoms with Gasteiger partial charge >= 0.3 is 12.1 Å². The molecule has 6 heteroatoms. The number of aliphatic carboxylic acids is 1. The Balaban J connectivity index is 2.74. The maximum absolute atomic E-state index is 11.9. The quantitative estimate of drug-likeness (QED) is 0.749. The summed E-state index contributed by atoms with van der Waals surface area (Å²) in [5, 5.41) is 15.1. The molecule has 23 heavy (non-hydrogen) atoms. The number of amides is 1. The normalized spacial score (nSPS) is 13.3. The first-order chi connectivity index (χ1) is 10.5. The van der Waals surface area contributed by atoms with Gasteiger partial charge in [0.1, 0.15) is 11.6 Å². The number of ether oxygens (including phenoxy) is 1. The van der Waals surface area contributed by atoms with Crippen molar-refractivity contribution in [3.05, 3.63) is 35.9 Å². The van der Waals surface area contributed by atoms with Gasteiger partial charge < -0.3 is 15.2 Å². The third kappa shape index (κ3) is 6.69. The molecule has 6 nitrogen and oxygen atoms in total. The zero-order valence-corrected chi connectivity index (χ0v) is 14.3. The van der Waals surface area contributed by atoms with E-state index < -0.39 is 29.2 Å². The molecule has 0 saturated heterocycles. The highest BCUT2D eigenvalue weighted by Crippen LogP contribution is 2.14. The molecule has 0 aliphatic carbocycles. The number of hydrogen-bond donors (Lipinski definition) is 3. The van der Waals surface area contributed by atoms with Crippen molar-refractivity contribution in [1.82, 2.24) is 10.6 Å². The molecular formula is C17H26N2O4. The van der Waals surface area contributed by atoms with Crippen molar-refractivity contribution in [3.63, 3.8) is 0 Å². The number of carbonyl (C=O) groups is 2. The standard InChI is InChI=1S/C17H26N2O4/c1-16(2,3)23-15(22)19-17(4,5)13(14(20)21)18-11-12-9-7-6-8-10-12/h6-10,13,18H,11H2,1-5H3,(H,19,22)(H,20,21)/t13-/m0/s1. The van der Waals surface area contributed by atoms with Gasteiger partial charge in [0.25, 0.3) is 0 Å². The molecule has 0 bridgehead atoms. The number of alkyl carbamates (subject to hydrolysis) is 1. The van der Waals surface area contributed by atoms with Crippen molar-refractivity contribution >= 4 is 12.1 Å². The molecule has 0 aliphatic heterocycles. The van der Waals surface area contributed by atoms with Gasteiger partial charge in [0.05, 0.1) is 5.54 Å². The summed E-state index contributed by atoms with van der Waals surface area (Å²) < 4.78 is 5.20. The van der Waals surface area contributed by atoms with Crippen LogP contribution in [0, 0.1) is 0 Å². The highest BCUT2D eigenvalue weighted by molar-refractivity contribution is 5.77. The molecule has 3 N–H and O–H groups in total. The zero-order chi connectivity index (χ0) is 17.7. The number of carboxylic acids is 1. The van der Waals surface area contributed by atoms with Crippen LogP contribution >= 0.6 is 0 Å². The lowest BCUT2D eigenvalue weighted by atomic mass is 9.94. The average Bonchev–Trinajstić information content (AvgIpc) is 2.36. The number of rotatable bonds is 6. The Morgan fingerprint density at radius 2 is 1.70 bits per heavy atom. The number of hydrogen-bond acceptors (Lipinski definition) is 4. The molecule has 1 aromatic rings. The fraction of sp³-hybridized carbons (Fsp3) is 0.529. The Morgan fingerprint density at radius 3 is 2.17 bits per heavy atom. The molecule has 1 aromatic carbocycles. The van der Waals surface area contributed by atoms with E-state index in [1.165, 1.54) is 0 Å². The summed E-state index contributed by atoms with van der Waals surface area (Å²) in [6.07, 6.45) is -0.643. The highest BCUT2D eigenvalue weighted by atomic mass is 16.6. The van der Waals surface area contributed by atoms with Crippen LogP contribution < -0.4 is 10.6 Å². The van der Waals surface area contributed by atoms with Crippen LogP contribution in [0.25, 0.3) is 0 Å². The van der Waals surface area contributed by atoms with Crippen LogP contribution in [0.2, 0.25) is 0 Å². The molecule has 0 unspecified atom stereocenters. The second-order valence-electron chi connectivity index (χ2n) is 6.99. The first kappa shape index (κ1) is 19.0. The van der Waals surface area contributed by atoms with E-state index in [1.54, 1.807) is 34.6 Å². The lowest BCUT2D eigenvalue weighted by Gasteiger charge is -2.34. The summed E-state index contributed by atoms with van der Waals surface area (Å²) in [6.45, 7) is 8.93. The van der Waals surface area contributed by atoms with Gasteiger partial charge in [0, 0.05) is 6.54 Å². The van der Waals surface area contributed by atoms with Gasteiger partial charge in [-0.2, -0.15) is 0 Å². The fourth-order valence-corrected chi connectivity index (χ4v) is 2.11. The summed E-state index contributed by atoms with van der Waals surface area (Å²) in [5.74, 6) is -1.04. The summed E-state index contributed by atoms with van der Waals surface area (Å²) in [7, 11) is 0. The van der Waals surface area contributed by atoms with E-state index in [2.05, 4.69) is 10.6 Å². The maximum atomic E-state index is 11.9. The molecule has 1 amide bonds.